The summed E-state index contributed by atoms with van der Waals surface area (Å²) in [5, 5.41) is 3.08. The number of hydrazine groups is 1. The van der Waals surface area contributed by atoms with Crippen molar-refractivity contribution in [1.82, 2.24) is 10.4 Å². The van der Waals surface area contributed by atoms with E-state index < -0.39 is 0 Å². The number of thiophene rings is 1. The first-order chi connectivity index (χ1) is 8.10. The lowest BCUT2D eigenvalue weighted by Gasteiger charge is -2.13. The largest absolute Gasteiger partial charge is 0.271 e. The molecular weight excluding hydrogens is 297 g/mol. The van der Waals surface area contributed by atoms with Gasteiger partial charge >= 0.3 is 0 Å². The van der Waals surface area contributed by atoms with E-state index in [0.29, 0.717) is 15.1 Å². The van der Waals surface area contributed by atoms with Gasteiger partial charge in [0.1, 0.15) is 0 Å². The summed E-state index contributed by atoms with van der Waals surface area (Å²) in [5.41, 5.74) is 4.69. The van der Waals surface area contributed by atoms with Crippen LogP contribution in [0.15, 0.2) is 11.4 Å². The number of thiazole rings is 1. The Hall–Kier alpha value is -0.170. The Balaban J connectivity index is 2.19. The topological polar surface area (TPSA) is 50.9 Å². The van der Waals surface area contributed by atoms with Crippen LogP contribution in [0.5, 0.6) is 0 Å². The molecule has 0 aromatic carbocycles. The second-order valence-corrected chi connectivity index (χ2v) is 6.91. The highest BCUT2D eigenvalue weighted by Gasteiger charge is 2.18. The van der Waals surface area contributed by atoms with E-state index in [9.17, 15) is 0 Å². The first-order valence-corrected chi connectivity index (χ1v) is 7.37. The average molecular weight is 308 g/mol. The Morgan fingerprint density at radius 3 is 2.76 bits per heavy atom. The molecule has 0 saturated heterocycles. The van der Waals surface area contributed by atoms with Gasteiger partial charge in [-0.1, -0.05) is 23.2 Å². The monoisotopic (exact) mass is 307 g/mol. The fourth-order valence-corrected chi connectivity index (χ4v) is 3.77. The lowest BCUT2D eigenvalue weighted by atomic mass is 10.1. The molecular formula is C10H11Cl2N3S2. The first kappa shape index (κ1) is 13.3. The number of nitrogens with one attached hydrogen (secondary N) is 1. The maximum atomic E-state index is 6.11. The van der Waals surface area contributed by atoms with Gasteiger partial charge in [0.2, 0.25) is 0 Å². The van der Waals surface area contributed by atoms with Crippen molar-refractivity contribution < 1.29 is 0 Å². The van der Waals surface area contributed by atoms with Gasteiger partial charge in [0.25, 0.3) is 0 Å². The van der Waals surface area contributed by atoms with Crippen molar-refractivity contribution in [2.24, 2.45) is 5.84 Å². The molecule has 17 heavy (non-hydrogen) atoms. The minimum atomic E-state index is -0.0623. The van der Waals surface area contributed by atoms with Gasteiger partial charge in [-0.3, -0.25) is 11.3 Å². The first-order valence-electron chi connectivity index (χ1n) is 4.92. The minimum Gasteiger partial charge on any atom is -0.271 e. The van der Waals surface area contributed by atoms with Crippen LogP contribution in [0.3, 0.4) is 0 Å². The van der Waals surface area contributed by atoms with Gasteiger partial charge in [0.15, 0.2) is 0 Å². The molecule has 2 rings (SSSR count). The number of halogens is 2. The van der Waals surface area contributed by atoms with Crippen molar-refractivity contribution in [3.8, 4) is 0 Å². The highest BCUT2D eigenvalue weighted by atomic mass is 35.5. The van der Waals surface area contributed by atoms with Crippen molar-refractivity contribution >= 4 is 45.9 Å². The van der Waals surface area contributed by atoms with E-state index in [1.54, 1.807) is 11.3 Å². The zero-order chi connectivity index (χ0) is 12.4. The summed E-state index contributed by atoms with van der Waals surface area (Å²) in [5.74, 6) is 5.57. The standard InChI is InChI=1S/C10H11Cl2N3S2/c1-5-14-6(4-16-5)2-8(15-13)7-3-9(11)17-10(7)12/h3-4,8,15H,2,13H2,1H3. The normalized spacial score (nSPS) is 12.9. The molecule has 0 aliphatic heterocycles. The molecule has 0 fully saturated rings. The molecule has 2 heterocycles. The van der Waals surface area contributed by atoms with Crippen LogP contribution in [0.2, 0.25) is 8.67 Å². The van der Waals surface area contributed by atoms with E-state index in [-0.39, 0.29) is 6.04 Å². The third-order valence-corrected chi connectivity index (χ3v) is 4.68. The van der Waals surface area contributed by atoms with Crippen molar-refractivity contribution in [2.45, 2.75) is 19.4 Å². The van der Waals surface area contributed by atoms with Crippen molar-refractivity contribution in [3.05, 3.63) is 36.4 Å². The number of aromatic nitrogens is 1. The van der Waals surface area contributed by atoms with Crippen LogP contribution in [-0.4, -0.2) is 4.98 Å². The molecule has 2 aromatic rings. The molecule has 0 aliphatic rings. The molecule has 0 bridgehead atoms. The Morgan fingerprint density at radius 2 is 2.29 bits per heavy atom. The van der Waals surface area contributed by atoms with E-state index in [1.807, 2.05) is 18.4 Å². The van der Waals surface area contributed by atoms with Crippen LogP contribution in [0.4, 0.5) is 0 Å². The molecule has 1 atom stereocenters. The molecule has 0 amide bonds. The number of nitrogens with zero attached hydrogens (tertiary/aromatic N) is 1. The van der Waals surface area contributed by atoms with Gasteiger partial charge in [-0.2, -0.15) is 0 Å². The summed E-state index contributed by atoms with van der Waals surface area (Å²) in [6.45, 7) is 1.98. The van der Waals surface area contributed by atoms with Gasteiger partial charge in [-0.15, -0.1) is 22.7 Å². The van der Waals surface area contributed by atoms with Gasteiger partial charge in [-0.05, 0) is 13.0 Å². The fraction of sp³-hybridized carbons (Fsp3) is 0.300. The molecule has 7 heteroatoms. The second kappa shape index (κ2) is 5.65. The van der Waals surface area contributed by atoms with Gasteiger partial charge in [0, 0.05) is 17.4 Å². The van der Waals surface area contributed by atoms with Crippen LogP contribution in [-0.2, 0) is 6.42 Å². The molecule has 3 N–H and O–H groups in total. The predicted octanol–water partition coefficient (Wildman–Crippen LogP) is 3.57. The Kier molecular flexibility index (Phi) is 4.41. The van der Waals surface area contributed by atoms with Crippen molar-refractivity contribution in [3.63, 3.8) is 0 Å². The zero-order valence-corrected chi connectivity index (χ0v) is 12.2. The van der Waals surface area contributed by atoms with E-state index in [2.05, 4.69) is 10.4 Å². The quantitative estimate of drug-likeness (QED) is 0.670. The maximum absolute atomic E-state index is 6.11. The van der Waals surface area contributed by atoms with Gasteiger partial charge in [0.05, 0.1) is 25.4 Å². The molecule has 0 radical (unpaired) electrons. The summed E-state index contributed by atoms with van der Waals surface area (Å²) in [6.07, 6.45) is 0.702. The van der Waals surface area contributed by atoms with Crippen LogP contribution in [0.25, 0.3) is 0 Å². The number of rotatable bonds is 4. The highest BCUT2D eigenvalue weighted by Crippen LogP contribution is 2.35. The zero-order valence-electron chi connectivity index (χ0n) is 9.04. The SMILES string of the molecule is Cc1nc(CC(NN)c2cc(Cl)sc2Cl)cs1. The fourth-order valence-electron chi connectivity index (χ4n) is 1.56. The summed E-state index contributed by atoms with van der Waals surface area (Å²) in [4.78, 5) is 4.41. The summed E-state index contributed by atoms with van der Waals surface area (Å²) in [7, 11) is 0. The summed E-state index contributed by atoms with van der Waals surface area (Å²) in [6, 6.07) is 1.78. The molecule has 0 spiro atoms. The third kappa shape index (κ3) is 3.19. The number of hydrogen-bond donors (Lipinski definition) is 2. The third-order valence-electron chi connectivity index (χ3n) is 2.34. The van der Waals surface area contributed by atoms with E-state index in [1.165, 1.54) is 11.3 Å². The summed E-state index contributed by atoms with van der Waals surface area (Å²) >= 11 is 15.0. The lowest BCUT2D eigenvalue weighted by molar-refractivity contribution is 0.548. The smallest absolute Gasteiger partial charge is 0.0992 e. The number of hydrogen-bond acceptors (Lipinski definition) is 5. The Bertz CT molecular complexity index is 509. The number of nitrogens with two attached hydrogens (primary N) is 1. The van der Waals surface area contributed by atoms with Crippen LogP contribution < -0.4 is 11.3 Å². The predicted molar refractivity (Wildman–Crippen MR) is 75.0 cm³/mol. The molecule has 1 unspecified atom stereocenters. The van der Waals surface area contributed by atoms with E-state index in [0.717, 1.165) is 16.3 Å². The van der Waals surface area contributed by atoms with Gasteiger partial charge < -0.3 is 0 Å². The average Bonchev–Trinajstić information content (AvgIpc) is 2.82. The van der Waals surface area contributed by atoms with Crippen LogP contribution in [0.1, 0.15) is 22.3 Å². The van der Waals surface area contributed by atoms with Gasteiger partial charge in [-0.25, -0.2) is 4.98 Å². The molecule has 92 valence electrons. The van der Waals surface area contributed by atoms with Crippen molar-refractivity contribution in [2.75, 3.05) is 0 Å². The molecule has 2 aromatic heterocycles. The van der Waals surface area contributed by atoms with Crippen LogP contribution in [0, 0.1) is 6.92 Å². The number of aryl methyl sites for hydroxylation is 1. The Morgan fingerprint density at radius 1 is 1.53 bits per heavy atom. The molecule has 0 aliphatic carbocycles. The lowest BCUT2D eigenvalue weighted by Crippen LogP contribution is -2.29. The van der Waals surface area contributed by atoms with Crippen molar-refractivity contribution in [1.29, 1.82) is 0 Å². The Labute approximate surface area is 118 Å². The van der Waals surface area contributed by atoms with Crippen LogP contribution >= 0.6 is 45.9 Å². The summed E-state index contributed by atoms with van der Waals surface area (Å²) < 4.78 is 1.34. The highest BCUT2D eigenvalue weighted by molar-refractivity contribution is 7.20. The van der Waals surface area contributed by atoms with E-state index >= 15 is 0 Å². The molecule has 0 saturated carbocycles. The minimum absolute atomic E-state index is 0.0623. The maximum Gasteiger partial charge on any atom is 0.0992 e. The van der Waals surface area contributed by atoms with E-state index in [4.69, 9.17) is 29.0 Å². The second-order valence-electron chi connectivity index (χ2n) is 3.56. The molecule has 3 nitrogen and oxygen atoms in total.